The maximum Gasteiger partial charge on any atom is 0.123 e. The van der Waals surface area contributed by atoms with E-state index in [0.717, 1.165) is 28.9 Å². The lowest BCUT2D eigenvalue weighted by atomic mass is 10.00. The second-order valence-electron chi connectivity index (χ2n) is 4.32. The summed E-state index contributed by atoms with van der Waals surface area (Å²) < 4.78 is 15.3. The first-order chi connectivity index (χ1) is 8.65. The van der Waals surface area contributed by atoms with Crippen LogP contribution < -0.4 is 5.32 Å². The lowest BCUT2D eigenvalue weighted by molar-refractivity contribution is 0.627. The summed E-state index contributed by atoms with van der Waals surface area (Å²) >= 11 is 0. The van der Waals surface area contributed by atoms with E-state index in [-0.39, 0.29) is 5.82 Å². The third-order valence-corrected chi connectivity index (χ3v) is 3.00. The molecule has 2 aromatic rings. The van der Waals surface area contributed by atoms with Gasteiger partial charge in [0.2, 0.25) is 0 Å². The van der Waals surface area contributed by atoms with Crippen LogP contribution in [-0.4, -0.2) is 16.8 Å². The summed E-state index contributed by atoms with van der Waals surface area (Å²) in [7, 11) is 1.88. The summed E-state index contributed by atoms with van der Waals surface area (Å²) in [6, 6.07) is 4.90. The van der Waals surface area contributed by atoms with Crippen LogP contribution in [0.2, 0.25) is 0 Å². The molecule has 0 aliphatic rings. The number of hydrogen-bond acceptors (Lipinski definition) is 2. The number of benzene rings is 1. The van der Waals surface area contributed by atoms with Crippen molar-refractivity contribution in [1.29, 1.82) is 0 Å². The summed E-state index contributed by atoms with van der Waals surface area (Å²) in [5.41, 5.74) is 3.93. The highest BCUT2D eigenvalue weighted by Gasteiger charge is 2.11. The molecule has 0 spiro atoms. The molecular formula is C14H18FN3. The summed E-state index contributed by atoms with van der Waals surface area (Å²) in [6.45, 7) is 5.52. The third kappa shape index (κ3) is 2.43. The van der Waals surface area contributed by atoms with E-state index < -0.39 is 0 Å². The molecule has 18 heavy (non-hydrogen) atoms. The van der Waals surface area contributed by atoms with Gasteiger partial charge < -0.3 is 5.32 Å². The molecule has 0 aliphatic carbocycles. The molecule has 1 heterocycles. The van der Waals surface area contributed by atoms with Crippen LogP contribution in [0.15, 0.2) is 24.4 Å². The van der Waals surface area contributed by atoms with E-state index >= 15 is 0 Å². The number of halogens is 1. The smallest absolute Gasteiger partial charge is 0.123 e. The molecule has 0 aliphatic heterocycles. The van der Waals surface area contributed by atoms with Crippen molar-refractivity contribution in [2.75, 3.05) is 7.05 Å². The SMILES string of the molecule is CCn1cc(-c2cc(F)ccc2CNC)c(C)n1. The fraction of sp³-hybridized carbons (Fsp3) is 0.357. The van der Waals surface area contributed by atoms with E-state index in [1.165, 1.54) is 6.07 Å². The Morgan fingerprint density at radius 2 is 2.11 bits per heavy atom. The molecule has 0 unspecified atom stereocenters. The Morgan fingerprint density at radius 1 is 1.33 bits per heavy atom. The number of hydrogen-bond donors (Lipinski definition) is 1. The van der Waals surface area contributed by atoms with E-state index in [1.807, 2.05) is 37.8 Å². The summed E-state index contributed by atoms with van der Waals surface area (Å²) in [5, 5.41) is 7.51. The highest BCUT2D eigenvalue weighted by molar-refractivity contribution is 5.69. The van der Waals surface area contributed by atoms with Gasteiger partial charge in [-0.2, -0.15) is 5.10 Å². The van der Waals surface area contributed by atoms with E-state index in [4.69, 9.17) is 0 Å². The molecule has 0 saturated carbocycles. The summed E-state index contributed by atoms with van der Waals surface area (Å²) in [4.78, 5) is 0. The van der Waals surface area contributed by atoms with Crippen LogP contribution in [0.1, 0.15) is 18.2 Å². The van der Waals surface area contributed by atoms with Crippen molar-refractivity contribution in [2.45, 2.75) is 26.9 Å². The van der Waals surface area contributed by atoms with E-state index in [2.05, 4.69) is 10.4 Å². The van der Waals surface area contributed by atoms with Gasteiger partial charge in [-0.1, -0.05) is 6.07 Å². The zero-order chi connectivity index (χ0) is 13.1. The molecule has 3 nitrogen and oxygen atoms in total. The third-order valence-electron chi connectivity index (χ3n) is 3.00. The lowest BCUT2D eigenvalue weighted by Crippen LogP contribution is -2.06. The Labute approximate surface area is 107 Å². The van der Waals surface area contributed by atoms with Gasteiger partial charge in [-0.3, -0.25) is 4.68 Å². The number of aromatic nitrogens is 2. The van der Waals surface area contributed by atoms with Gasteiger partial charge in [-0.25, -0.2) is 4.39 Å². The van der Waals surface area contributed by atoms with Crippen molar-refractivity contribution in [1.82, 2.24) is 15.1 Å². The van der Waals surface area contributed by atoms with Crippen LogP contribution in [-0.2, 0) is 13.1 Å². The van der Waals surface area contributed by atoms with Crippen LogP contribution in [0.25, 0.3) is 11.1 Å². The molecule has 0 fully saturated rings. The minimum absolute atomic E-state index is 0.214. The van der Waals surface area contributed by atoms with Gasteiger partial charge in [0.15, 0.2) is 0 Å². The maximum atomic E-state index is 13.4. The average Bonchev–Trinajstić information content (AvgIpc) is 2.73. The van der Waals surface area contributed by atoms with Gasteiger partial charge in [0.05, 0.1) is 5.69 Å². The molecular weight excluding hydrogens is 229 g/mol. The van der Waals surface area contributed by atoms with Crippen molar-refractivity contribution in [3.8, 4) is 11.1 Å². The van der Waals surface area contributed by atoms with E-state index in [1.54, 1.807) is 6.07 Å². The molecule has 0 radical (unpaired) electrons. The standard InChI is InChI=1S/C14H18FN3/c1-4-18-9-14(10(2)17-18)13-7-12(15)6-5-11(13)8-16-3/h5-7,9,16H,4,8H2,1-3H3. The van der Waals surface area contributed by atoms with Crippen LogP contribution in [0.3, 0.4) is 0 Å². The van der Waals surface area contributed by atoms with Gasteiger partial charge in [-0.15, -0.1) is 0 Å². The summed E-state index contributed by atoms with van der Waals surface area (Å²) in [5.74, 6) is -0.214. The van der Waals surface area contributed by atoms with Crippen LogP contribution in [0.5, 0.6) is 0 Å². The Morgan fingerprint density at radius 3 is 2.72 bits per heavy atom. The zero-order valence-corrected chi connectivity index (χ0v) is 11.0. The first kappa shape index (κ1) is 12.8. The number of rotatable bonds is 4. The largest absolute Gasteiger partial charge is 0.316 e. The first-order valence-electron chi connectivity index (χ1n) is 6.13. The molecule has 96 valence electrons. The average molecular weight is 247 g/mol. The van der Waals surface area contributed by atoms with Gasteiger partial charge in [0.1, 0.15) is 5.82 Å². The van der Waals surface area contributed by atoms with Gasteiger partial charge in [0.25, 0.3) is 0 Å². The first-order valence-corrected chi connectivity index (χ1v) is 6.13. The molecule has 1 aromatic carbocycles. The molecule has 1 N–H and O–H groups in total. The van der Waals surface area contributed by atoms with Crippen LogP contribution in [0, 0.1) is 12.7 Å². The molecule has 2 rings (SSSR count). The Hall–Kier alpha value is -1.68. The maximum absolute atomic E-state index is 13.4. The monoisotopic (exact) mass is 247 g/mol. The topological polar surface area (TPSA) is 29.9 Å². The molecule has 0 amide bonds. The van der Waals surface area contributed by atoms with Crippen molar-refractivity contribution in [3.63, 3.8) is 0 Å². The number of aryl methyl sites for hydroxylation is 2. The van der Waals surface area contributed by atoms with Crippen LogP contribution >= 0.6 is 0 Å². The highest BCUT2D eigenvalue weighted by Crippen LogP contribution is 2.27. The second-order valence-corrected chi connectivity index (χ2v) is 4.32. The van der Waals surface area contributed by atoms with Crippen LogP contribution in [0.4, 0.5) is 4.39 Å². The Balaban J connectivity index is 2.53. The van der Waals surface area contributed by atoms with Gasteiger partial charge in [-0.05, 0) is 44.2 Å². The molecule has 4 heteroatoms. The fourth-order valence-electron chi connectivity index (χ4n) is 2.09. The molecule has 0 atom stereocenters. The van der Waals surface area contributed by atoms with Crippen molar-refractivity contribution >= 4 is 0 Å². The zero-order valence-electron chi connectivity index (χ0n) is 11.0. The highest BCUT2D eigenvalue weighted by atomic mass is 19.1. The van der Waals surface area contributed by atoms with E-state index in [0.29, 0.717) is 6.54 Å². The Kier molecular flexibility index (Phi) is 3.77. The molecule has 0 bridgehead atoms. The molecule has 0 saturated heterocycles. The predicted molar refractivity (Wildman–Crippen MR) is 70.8 cm³/mol. The molecule has 1 aromatic heterocycles. The number of nitrogens with zero attached hydrogens (tertiary/aromatic N) is 2. The lowest BCUT2D eigenvalue weighted by Gasteiger charge is -2.08. The van der Waals surface area contributed by atoms with Gasteiger partial charge >= 0.3 is 0 Å². The van der Waals surface area contributed by atoms with Crippen molar-refractivity contribution < 1.29 is 4.39 Å². The normalized spacial score (nSPS) is 10.9. The minimum atomic E-state index is -0.214. The van der Waals surface area contributed by atoms with Gasteiger partial charge in [0, 0.05) is 24.8 Å². The quantitative estimate of drug-likeness (QED) is 0.900. The second kappa shape index (κ2) is 5.31. The van der Waals surface area contributed by atoms with E-state index in [9.17, 15) is 4.39 Å². The van der Waals surface area contributed by atoms with Crippen molar-refractivity contribution in [2.24, 2.45) is 0 Å². The Bertz CT molecular complexity index is 546. The minimum Gasteiger partial charge on any atom is -0.316 e. The van der Waals surface area contributed by atoms with Crippen molar-refractivity contribution in [3.05, 3.63) is 41.5 Å². The fourth-order valence-corrected chi connectivity index (χ4v) is 2.09. The number of nitrogens with one attached hydrogen (secondary N) is 1. The predicted octanol–water partition coefficient (Wildman–Crippen LogP) is 2.74. The summed E-state index contributed by atoms with van der Waals surface area (Å²) in [6.07, 6.45) is 1.98.